The fourth-order valence-corrected chi connectivity index (χ4v) is 1.47. The van der Waals surface area contributed by atoms with Gasteiger partial charge < -0.3 is 15.4 Å². The highest BCUT2D eigenvalue weighted by Crippen LogP contribution is 2.20. The molecular weight excluding hydrogens is 296 g/mol. The fraction of sp³-hybridized carbons (Fsp3) is 0.0909. The normalized spacial score (nSPS) is 12.5. The van der Waals surface area contributed by atoms with Crippen molar-refractivity contribution in [2.24, 2.45) is 5.10 Å². The van der Waals surface area contributed by atoms with Gasteiger partial charge in [0.05, 0.1) is 6.21 Å². The number of nitrogens with one attached hydrogen (secondary N) is 2. The Morgan fingerprint density at radius 3 is 2.91 bits per heavy atom. The Bertz CT molecular complexity index is 698. The van der Waals surface area contributed by atoms with Gasteiger partial charge in [-0.2, -0.15) is 15.3 Å². The van der Waals surface area contributed by atoms with Gasteiger partial charge in [0, 0.05) is 11.6 Å². The highest BCUT2D eigenvalue weighted by molar-refractivity contribution is 5.85. The third kappa shape index (κ3) is 3.99. The number of amides is 1. The van der Waals surface area contributed by atoms with Crippen LogP contribution in [0.2, 0.25) is 0 Å². The fourth-order valence-electron chi connectivity index (χ4n) is 1.47. The van der Waals surface area contributed by atoms with E-state index in [1.54, 1.807) is 0 Å². The molecule has 2 aromatic rings. The molecule has 0 fully saturated rings. The molecular formula is C11H12N6O5. The molecule has 0 saturated heterocycles. The van der Waals surface area contributed by atoms with E-state index in [2.05, 4.69) is 20.6 Å². The molecule has 1 atom stereocenters. The van der Waals surface area contributed by atoms with Crippen molar-refractivity contribution in [3.8, 4) is 11.5 Å². The molecule has 0 spiro atoms. The Morgan fingerprint density at radius 1 is 1.50 bits per heavy atom. The molecule has 0 aliphatic carbocycles. The summed E-state index contributed by atoms with van der Waals surface area (Å²) in [4.78, 5) is 15.1. The van der Waals surface area contributed by atoms with Crippen LogP contribution in [0.4, 0.5) is 5.95 Å². The topological polar surface area (TPSA) is 160 Å². The van der Waals surface area contributed by atoms with E-state index in [0.717, 1.165) is 17.1 Å². The van der Waals surface area contributed by atoms with Crippen LogP contribution in [0.1, 0.15) is 5.56 Å². The molecule has 11 nitrogen and oxygen atoms in total. The van der Waals surface area contributed by atoms with E-state index in [4.69, 9.17) is 10.3 Å². The lowest BCUT2D eigenvalue weighted by molar-refractivity contribution is -0.995. The molecule has 11 heteroatoms. The Morgan fingerprint density at radius 2 is 2.27 bits per heavy atom. The predicted molar refractivity (Wildman–Crippen MR) is 71.3 cm³/mol. The van der Waals surface area contributed by atoms with Crippen LogP contribution in [0.25, 0.3) is 0 Å². The zero-order valence-corrected chi connectivity index (χ0v) is 11.0. The zero-order chi connectivity index (χ0) is 16.1. The van der Waals surface area contributed by atoms with E-state index in [1.807, 2.05) is 0 Å². The monoisotopic (exact) mass is 308 g/mol. The summed E-state index contributed by atoms with van der Waals surface area (Å²) in [6.45, 7) is -0.265. The molecule has 0 aliphatic rings. The van der Waals surface area contributed by atoms with Crippen molar-refractivity contribution < 1.29 is 25.4 Å². The smallest absolute Gasteiger partial charge is 0.379 e. The maximum Gasteiger partial charge on any atom is 0.379 e. The number of aromatic hydroxyl groups is 2. The van der Waals surface area contributed by atoms with Crippen LogP contribution >= 0.6 is 0 Å². The van der Waals surface area contributed by atoms with Gasteiger partial charge in [0.2, 0.25) is 0 Å². The number of phenolic OH excluding ortho intramolecular Hbond substituents is 2. The van der Waals surface area contributed by atoms with Crippen LogP contribution in [0.5, 0.6) is 11.5 Å². The Kier molecular flexibility index (Phi) is 4.63. The Hall–Kier alpha value is -3.02. The summed E-state index contributed by atoms with van der Waals surface area (Å²) >= 11 is 0. The summed E-state index contributed by atoms with van der Waals surface area (Å²) in [6.07, 6.45) is 2.30. The molecule has 116 valence electrons. The number of rotatable bonds is 5. The van der Waals surface area contributed by atoms with Crippen molar-refractivity contribution in [1.29, 1.82) is 0 Å². The average Bonchev–Trinajstić information content (AvgIpc) is 2.90. The molecule has 22 heavy (non-hydrogen) atoms. The van der Waals surface area contributed by atoms with Crippen molar-refractivity contribution in [3.63, 3.8) is 0 Å². The molecule has 1 heterocycles. The van der Waals surface area contributed by atoms with Crippen LogP contribution in [0.3, 0.4) is 0 Å². The number of aromatic nitrogens is 3. The molecule has 5 N–H and O–H groups in total. The first kappa shape index (κ1) is 15.4. The SMILES string of the molecule is O=C(Cn1cnc([NH+]([O-])O)n1)N/N=C/c1ccc(O)cc1O. The summed E-state index contributed by atoms with van der Waals surface area (Å²) < 4.78 is 1.05. The molecule has 0 saturated carbocycles. The van der Waals surface area contributed by atoms with Crippen LogP contribution in [-0.4, -0.2) is 42.3 Å². The van der Waals surface area contributed by atoms with Gasteiger partial charge in [-0.05, 0) is 12.1 Å². The van der Waals surface area contributed by atoms with Crippen LogP contribution in [0, 0.1) is 5.21 Å². The van der Waals surface area contributed by atoms with Gasteiger partial charge >= 0.3 is 5.95 Å². The molecule has 1 unspecified atom stereocenters. The van der Waals surface area contributed by atoms with Crippen molar-refractivity contribution >= 4 is 18.1 Å². The first-order valence-electron chi connectivity index (χ1n) is 5.92. The molecule has 1 aromatic heterocycles. The average molecular weight is 308 g/mol. The number of nitrogens with zero attached hydrogens (tertiary/aromatic N) is 4. The second-order valence-corrected chi connectivity index (χ2v) is 4.11. The quantitative estimate of drug-likeness (QED) is 0.323. The van der Waals surface area contributed by atoms with E-state index in [1.165, 1.54) is 18.3 Å². The van der Waals surface area contributed by atoms with Crippen molar-refractivity contribution in [2.75, 3.05) is 0 Å². The summed E-state index contributed by atoms with van der Waals surface area (Å²) in [5, 5.41) is 43.8. The second kappa shape index (κ2) is 6.62. The molecule has 2 rings (SSSR count). The van der Waals surface area contributed by atoms with Gasteiger partial charge in [0.1, 0.15) is 24.4 Å². The van der Waals surface area contributed by atoms with Crippen molar-refractivity contribution in [1.82, 2.24) is 20.2 Å². The summed E-state index contributed by atoms with van der Waals surface area (Å²) in [5.41, 5.74) is 2.48. The predicted octanol–water partition coefficient (Wildman–Crippen LogP) is -1.76. The highest BCUT2D eigenvalue weighted by Gasteiger charge is 2.09. The number of hydrogen-bond donors (Lipinski definition) is 5. The molecule has 0 radical (unpaired) electrons. The van der Waals surface area contributed by atoms with Crippen molar-refractivity contribution in [3.05, 3.63) is 35.3 Å². The van der Waals surface area contributed by atoms with Gasteiger partial charge in [0.25, 0.3) is 5.91 Å². The lowest BCUT2D eigenvalue weighted by atomic mass is 10.2. The molecule has 0 bridgehead atoms. The van der Waals surface area contributed by atoms with Crippen LogP contribution in [-0.2, 0) is 11.3 Å². The summed E-state index contributed by atoms with van der Waals surface area (Å²) in [7, 11) is 0. The van der Waals surface area contributed by atoms with E-state index < -0.39 is 17.1 Å². The van der Waals surface area contributed by atoms with E-state index in [-0.39, 0.29) is 18.0 Å². The number of phenols is 2. The van der Waals surface area contributed by atoms with Crippen LogP contribution < -0.4 is 10.7 Å². The summed E-state index contributed by atoms with van der Waals surface area (Å²) in [6, 6.07) is 3.90. The summed E-state index contributed by atoms with van der Waals surface area (Å²) in [5.74, 6) is -1.26. The number of hydrogen-bond acceptors (Lipinski definition) is 8. The minimum absolute atomic E-state index is 0.0981. The first-order valence-corrected chi connectivity index (χ1v) is 5.92. The van der Waals surface area contributed by atoms with Gasteiger partial charge in [0.15, 0.2) is 0 Å². The van der Waals surface area contributed by atoms with Crippen molar-refractivity contribution in [2.45, 2.75) is 6.54 Å². The number of carbonyl (C=O) groups is 1. The molecule has 1 aromatic carbocycles. The second-order valence-electron chi connectivity index (χ2n) is 4.11. The van der Waals surface area contributed by atoms with E-state index in [9.17, 15) is 15.1 Å². The number of quaternary nitrogens is 1. The third-order valence-corrected chi connectivity index (χ3v) is 2.44. The minimum atomic E-state index is -1.29. The lowest BCUT2D eigenvalue weighted by Crippen LogP contribution is -2.99. The van der Waals surface area contributed by atoms with Gasteiger partial charge in [-0.15, -0.1) is 0 Å². The van der Waals surface area contributed by atoms with E-state index >= 15 is 0 Å². The Balaban J connectivity index is 1.90. The lowest BCUT2D eigenvalue weighted by Gasteiger charge is -2.04. The maximum atomic E-state index is 11.6. The van der Waals surface area contributed by atoms with E-state index in [0.29, 0.717) is 5.56 Å². The third-order valence-electron chi connectivity index (χ3n) is 2.44. The number of carbonyl (C=O) groups excluding carboxylic acids is 1. The van der Waals surface area contributed by atoms with Crippen LogP contribution in [0.15, 0.2) is 29.6 Å². The maximum absolute atomic E-state index is 11.6. The van der Waals surface area contributed by atoms with Gasteiger partial charge in [-0.25, -0.2) is 15.3 Å². The highest BCUT2D eigenvalue weighted by atomic mass is 16.8. The largest absolute Gasteiger partial charge is 0.592 e. The molecule has 0 aliphatic heterocycles. The first-order chi connectivity index (χ1) is 10.5. The standard InChI is InChI=1S/C11H12N6O5/c18-8-2-1-7(9(19)3-8)4-13-14-10(20)5-16-6-12-11(15-16)17(21)22/h1-4,6,17-19,21H,5H2,(H,14,20)/b13-4+. The van der Waals surface area contributed by atoms with Gasteiger partial charge in [-0.3, -0.25) is 4.79 Å². The number of benzene rings is 1. The molecule has 1 amide bonds. The minimum Gasteiger partial charge on any atom is -0.592 e. The number of hydrazone groups is 1. The van der Waals surface area contributed by atoms with Gasteiger partial charge in [-0.1, -0.05) is 5.10 Å². The Labute approximate surface area is 123 Å². The zero-order valence-electron chi connectivity index (χ0n) is 11.0.